The lowest BCUT2D eigenvalue weighted by molar-refractivity contribution is -0.157. The number of piperazine rings is 1. The first-order valence-electron chi connectivity index (χ1n) is 12.2. The van der Waals surface area contributed by atoms with Gasteiger partial charge in [0.2, 0.25) is 17.7 Å². The molecule has 3 aromatic rings. The van der Waals surface area contributed by atoms with Gasteiger partial charge >= 0.3 is 0 Å². The highest BCUT2D eigenvalue weighted by molar-refractivity contribution is 7.09. The number of amides is 3. The maximum Gasteiger partial charge on any atom is 0.246 e. The molecule has 4 rings (SSSR count). The van der Waals surface area contributed by atoms with Crippen molar-refractivity contribution in [3.63, 3.8) is 0 Å². The molecule has 1 aliphatic rings. The van der Waals surface area contributed by atoms with Crippen LogP contribution in [-0.2, 0) is 33.6 Å². The second kappa shape index (κ2) is 12.7. The normalized spacial score (nSPS) is 15.9. The Morgan fingerprint density at radius 3 is 2.39 bits per heavy atom. The van der Waals surface area contributed by atoms with Crippen LogP contribution in [0.25, 0.3) is 0 Å². The van der Waals surface area contributed by atoms with Crippen LogP contribution >= 0.6 is 22.9 Å². The first kappa shape index (κ1) is 25.9. The fourth-order valence-corrected chi connectivity index (χ4v) is 5.18. The lowest BCUT2D eigenvalue weighted by Gasteiger charge is -2.40. The number of nitrogens with zero attached hydrogens (tertiary/aromatic N) is 2. The molecule has 0 spiro atoms. The number of benzene rings is 2. The van der Waals surface area contributed by atoms with Crippen LogP contribution in [-0.4, -0.2) is 59.7 Å². The zero-order chi connectivity index (χ0) is 25.3. The van der Waals surface area contributed by atoms with E-state index in [9.17, 15) is 14.4 Å². The van der Waals surface area contributed by atoms with E-state index in [2.05, 4.69) is 5.32 Å². The summed E-state index contributed by atoms with van der Waals surface area (Å²) in [5.74, 6) is -0.510. The van der Waals surface area contributed by atoms with Gasteiger partial charge in [0, 0.05) is 29.5 Å². The number of hydrogen-bond donors (Lipinski definition) is 1. The molecule has 8 heteroatoms. The number of nitrogens with one attached hydrogen (secondary N) is 1. The van der Waals surface area contributed by atoms with Crippen LogP contribution in [0.15, 0.2) is 72.1 Å². The summed E-state index contributed by atoms with van der Waals surface area (Å²) in [5, 5.41) is 5.58. The molecule has 0 radical (unpaired) electrons. The van der Waals surface area contributed by atoms with Crippen molar-refractivity contribution < 1.29 is 14.4 Å². The molecule has 6 nitrogen and oxygen atoms in total. The Bertz CT molecular complexity index is 1150. The van der Waals surface area contributed by atoms with E-state index in [-0.39, 0.29) is 30.7 Å². The highest BCUT2D eigenvalue weighted by Crippen LogP contribution is 2.19. The third-order valence-electron chi connectivity index (χ3n) is 6.34. The molecule has 2 heterocycles. The molecule has 1 unspecified atom stereocenters. The zero-order valence-corrected chi connectivity index (χ0v) is 21.6. The minimum atomic E-state index is -0.794. The van der Waals surface area contributed by atoms with Crippen LogP contribution in [0, 0.1) is 0 Å². The molecule has 1 atom stereocenters. The van der Waals surface area contributed by atoms with Crippen molar-refractivity contribution in [1.82, 2.24) is 15.1 Å². The number of carbonyl (C=O) groups excluding carboxylic acids is 3. The van der Waals surface area contributed by atoms with Gasteiger partial charge in [0.05, 0.1) is 13.0 Å². The summed E-state index contributed by atoms with van der Waals surface area (Å²) in [6.45, 7) is 1.36. The minimum absolute atomic E-state index is 0.0442. The molecular formula is C28H30ClN3O3S. The topological polar surface area (TPSA) is 69.7 Å². The quantitative estimate of drug-likeness (QED) is 0.413. The van der Waals surface area contributed by atoms with Crippen LogP contribution in [0.4, 0.5) is 0 Å². The smallest absolute Gasteiger partial charge is 0.246 e. The lowest BCUT2D eigenvalue weighted by atomic mass is 10.0. The molecule has 2 aromatic carbocycles. The Morgan fingerprint density at radius 2 is 1.67 bits per heavy atom. The molecule has 0 aliphatic carbocycles. The molecule has 1 aromatic heterocycles. The number of thiophene rings is 1. The molecule has 1 fully saturated rings. The fraction of sp³-hybridized carbons (Fsp3) is 0.321. The summed E-state index contributed by atoms with van der Waals surface area (Å²) < 4.78 is 0. The van der Waals surface area contributed by atoms with Crippen molar-refractivity contribution in [2.24, 2.45) is 0 Å². The van der Waals surface area contributed by atoms with Crippen LogP contribution in [0.3, 0.4) is 0 Å². The van der Waals surface area contributed by atoms with Gasteiger partial charge in [-0.3, -0.25) is 14.4 Å². The summed E-state index contributed by atoms with van der Waals surface area (Å²) in [5.41, 5.74) is 2.17. The van der Waals surface area contributed by atoms with E-state index in [1.54, 1.807) is 21.1 Å². The molecule has 3 amide bonds. The Morgan fingerprint density at radius 1 is 0.917 bits per heavy atom. The Balaban J connectivity index is 1.39. The van der Waals surface area contributed by atoms with E-state index in [0.717, 1.165) is 16.0 Å². The van der Waals surface area contributed by atoms with Crippen molar-refractivity contribution in [3.8, 4) is 0 Å². The molecule has 0 saturated carbocycles. The summed E-state index contributed by atoms with van der Waals surface area (Å²) in [6.07, 6.45) is 1.94. The standard InChI is InChI=1S/C28H30ClN3O3S/c29-23-10-8-22(9-11-23)12-15-30-26(33)19-25-28(35)31(16-13-21-5-2-1-3-6-21)20-27(34)32(25)17-14-24-7-4-18-36-24/h1-11,18,25H,12-17,19-20H2,(H,30,33). The van der Waals surface area contributed by atoms with Gasteiger partial charge in [-0.05, 0) is 54.0 Å². The van der Waals surface area contributed by atoms with Gasteiger partial charge in [-0.15, -0.1) is 11.3 Å². The van der Waals surface area contributed by atoms with Gasteiger partial charge in [0.15, 0.2) is 0 Å². The molecule has 1 N–H and O–H groups in total. The van der Waals surface area contributed by atoms with Crippen molar-refractivity contribution >= 4 is 40.7 Å². The lowest BCUT2D eigenvalue weighted by Crippen LogP contribution is -2.61. The largest absolute Gasteiger partial charge is 0.356 e. The van der Waals surface area contributed by atoms with Crippen LogP contribution in [0.1, 0.15) is 22.4 Å². The molecule has 36 heavy (non-hydrogen) atoms. The van der Waals surface area contributed by atoms with Crippen LogP contribution in [0.2, 0.25) is 5.02 Å². The minimum Gasteiger partial charge on any atom is -0.356 e. The summed E-state index contributed by atoms with van der Waals surface area (Å²) in [4.78, 5) is 43.8. The molecule has 188 valence electrons. The van der Waals surface area contributed by atoms with Crippen LogP contribution < -0.4 is 5.32 Å². The van der Waals surface area contributed by atoms with Gasteiger partial charge in [-0.2, -0.15) is 0 Å². The predicted molar refractivity (Wildman–Crippen MR) is 143 cm³/mol. The second-order valence-electron chi connectivity index (χ2n) is 8.86. The second-order valence-corrected chi connectivity index (χ2v) is 10.3. The number of hydrogen-bond acceptors (Lipinski definition) is 4. The molecule has 1 saturated heterocycles. The Kier molecular flexibility index (Phi) is 9.14. The van der Waals surface area contributed by atoms with Gasteiger partial charge in [0.25, 0.3) is 0 Å². The Hall–Kier alpha value is -3.16. The summed E-state index contributed by atoms with van der Waals surface area (Å²) >= 11 is 7.56. The first-order valence-corrected chi connectivity index (χ1v) is 13.4. The monoisotopic (exact) mass is 523 g/mol. The zero-order valence-electron chi connectivity index (χ0n) is 20.1. The number of rotatable bonds is 11. The SMILES string of the molecule is O=C(CC1C(=O)N(CCc2ccccc2)CC(=O)N1CCc1cccs1)NCCc1ccc(Cl)cc1. The van der Waals surface area contributed by atoms with Crippen molar-refractivity contribution in [3.05, 3.63) is 93.1 Å². The van der Waals surface area contributed by atoms with Crippen molar-refractivity contribution in [2.75, 3.05) is 26.2 Å². The maximum atomic E-state index is 13.5. The average molecular weight is 524 g/mol. The third kappa shape index (κ3) is 7.18. The van der Waals surface area contributed by atoms with E-state index in [0.29, 0.717) is 43.9 Å². The van der Waals surface area contributed by atoms with Gasteiger partial charge in [-0.25, -0.2) is 0 Å². The van der Waals surface area contributed by atoms with E-state index in [1.807, 2.05) is 72.1 Å². The molecule has 1 aliphatic heterocycles. The van der Waals surface area contributed by atoms with Crippen molar-refractivity contribution in [1.29, 1.82) is 0 Å². The van der Waals surface area contributed by atoms with Gasteiger partial charge in [-0.1, -0.05) is 60.1 Å². The first-order chi connectivity index (χ1) is 17.5. The van der Waals surface area contributed by atoms with E-state index >= 15 is 0 Å². The van der Waals surface area contributed by atoms with Gasteiger partial charge in [0.1, 0.15) is 6.04 Å². The molecular weight excluding hydrogens is 494 g/mol. The molecule has 0 bridgehead atoms. The number of carbonyl (C=O) groups is 3. The maximum absolute atomic E-state index is 13.5. The van der Waals surface area contributed by atoms with Crippen molar-refractivity contribution in [2.45, 2.75) is 31.7 Å². The van der Waals surface area contributed by atoms with Crippen LogP contribution in [0.5, 0.6) is 0 Å². The van der Waals surface area contributed by atoms with E-state index in [4.69, 9.17) is 11.6 Å². The summed E-state index contributed by atoms with van der Waals surface area (Å²) in [6, 6.07) is 20.6. The van der Waals surface area contributed by atoms with E-state index < -0.39 is 6.04 Å². The highest BCUT2D eigenvalue weighted by atomic mass is 35.5. The van der Waals surface area contributed by atoms with E-state index in [1.165, 1.54) is 0 Å². The van der Waals surface area contributed by atoms with Gasteiger partial charge < -0.3 is 15.1 Å². The fourth-order valence-electron chi connectivity index (χ4n) is 4.36. The highest BCUT2D eigenvalue weighted by Gasteiger charge is 2.40. The number of halogens is 1. The third-order valence-corrected chi connectivity index (χ3v) is 7.53. The predicted octanol–water partition coefficient (Wildman–Crippen LogP) is 3.98. The summed E-state index contributed by atoms with van der Waals surface area (Å²) in [7, 11) is 0. The Labute approximate surface area is 220 Å². The average Bonchev–Trinajstić information content (AvgIpc) is 3.40.